The number of piperidine rings is 1. The van der Waals surface area contributed by atoms with Crippen LogP contribution in [0.5, 0.6) is 0 Å². The number of nitrogens with zero attached hydrogens (tertiary/aromatic N) is 2. The number of halogens is 2. The van der Waals surface area contributed by atoms with E-state index in [-0.39, 0.29) is 17.0 Å². The van der Waals surface area contributed by atoms with E-state index in [1.54, 1.807) is 24.3 Å². The number of imidazole rings is 1. The number of amides is 1. The molecule has 0 saturated carbocycles. The molecule has 0 aliphatic carbocycles. The van der Waals surface area contributed by atoms with Crippen molar-refractivity contribution in [1.82, 2.24) is 19.6 Å². The topological polar surface area (TPSA) is 95.2 Å². The highest BCUT2D eigenvalue weighted by Gasteiger charge is 2.26. The number of alkyl halides is 2. The van der Waals surface area contributed by atoms with Crippen molar-refractivity contribution in [1.29, 1.82) is 0 Å². The molecule has 2 aromatic carbocycles. The van der Waals surface area contributed by atoms with Crippen molar-refractivity contribution >= 4 is 27.0 Å². The minimum Gasteiger partial charge on any atom is -0.348 e. The number of hydrogen-bond donors (Lipinski definition) is 2. The minimum atomic E-state index is -3.56. The van der Waals surface area contributed by atoms with Gasteiger partial charge in [0, 0.05) is 25.2 Å². The molecule has 1 fully saturated rings. The number of sulfonamides is 1. The number of rotatable bonds is 6. The molecule has 164 valence electrons. The summed E-state index contributed by atoms with van der Waals surface area (Å²) in [6.07, 6.45) is 0.0209. The summed E-state index contributed by atoms with van der Waals surface area (Å²) in [6.45, 7) is 1.17. The molecule has 1 amide bonds. The summed E-state index contributed by atoms with van der Waals surface area (Å²) in [7, 11) is -3.56. The largest absolute Gasteiger partial charge is 0.348 e. The normalized spacial score (nSPS) is 15.5. The molecule has 0 bridgehead atoms. The molecule has 0 atom stereocenters. The highest BCUT2D eigenvalue weighted by molar-refractivity contribution is 7.89. The molecule has 0 unspecified atom stereocenters. The fourth-order valence-corrected chi connectivity index (χ4v) is 5.22. The molecule has 1 aromatic heterocycles. The van der Waals surface area contributed by atoms with Crippen molar-refractivity contribution in [3.05, 3.63) is 59.4 Å². The first kappa shape index (κ1) is 21.4. The lowest BCUT2D eigenvalue weighted by atomic mass is 10.1. The first-order valence-corrected chi connectivity index (χ1v) is 11.4. The highest BCUT2D eigenvalue weighted by Crippen LogP contribution is 2.22. The molecule has 2 N–H and O–H groups in total. The number of carbonyl (C=O) groups excluding carboxylic acids is 1. The number of aromatic amines is 1. The maximum atomic E-state index is 12.8. The van der Waals surface area contributed by atoms with Gasteiger partial charge in [-0.15, -0.1) is 0 Å². The van der Waals surface area contributed by atoms with E-state index in [9.17, 15) is 22.0 Å². The van der Waals surface area contributed by atoms with E-state index < -0.39 is 28.2 Å². The number of benzene rings is 2. The first-order chi connectivity index (χ1) is 14.8. The van der Waals surface area contributed by atoms with Crippen LogP contribution < -0.4 is 5.32 Å². The monoisotopic (exact) mass is 448 g/mol. The summed E-state index contributed by atoms with van der Waals surface area (Å²) in [5.41, 5.74) is 1.63. The summed E-state index contributed by atoms with van der Waals surface area (Å²) in [5.74, 6) is -0.848. The van der Waals surface area contributed by atoms with E-state index in [4.69, 9.17) is 0 Å². The molecule has 0 radical (unpaired) electrons. The molecule has 1 saturated heterocycles. The average Bonchev–Trinajstić information content (AvgIpc) is 3.22. The van der Waals surface area contributed by atoms with Gasteiger partial charge < -0.3 is 10.3 Å². The van der Waals surface area contributed by atoms with Gasteiger partial charge in [0.2, 0.25) is 10.0 Å². The number of carbonyl (C=O) groups is 1. The van der Waals surface area contributed by atoms with Crippen molar-refractivity contribution in [2.75, 3.05) is 13.1 Å². The smallest absolute Gasteiger partial charge is 0.295 e. The third kappa shape index (κ3) is 4.59. The van der Waals surface area contributed by atoms with Crippen LogP contribution >= 0.6 is 0 Å². The molecule has 1 aliphatic heterocycles. The van der Waals surface area contributed by atoms with E-state index in [1.165, 1.54) is 22.5 Å². The van der Waals surface area contributed by atoms with Crippen molar-refractivity contribution in [3.63, 3.8) is 0 Å². The fraction of sp³-hybridized carbons (Fsp3) is 0.333. The molecular formula is C21H22F2N4O3S. The van der Waals surface area contributed by atoms with Crippen LogP contribution in [0, 0.1) is 0 Å². The van der Waals surface area contributed by atoms with E-state index in [2.05, 4.69) is 15.3 Å². The molecule has 7 nitrogen and oxygen atoms in total. The SMILES string of the molecule is O=C(NCc1cccc(S(=O)(=O)N2CCCCC2)c1)c1ccc2nc(C(F)F)[nH]c2c1. The van der Waals surface area contributed by atoms with Gasteiger partial charge in [-0.3, -0.25) is 4.79 Å². The molecule has 0 spiro atoms. The number of H-pyrrole nitrogens is 1. The second-order valence-electron chi connectivity index (χ2n) is 7.45. The maximum Gasteiger partial charge on any atom is 0.295 e. The van der Waals surface area contributed by atoms with Crippen LogP contribution in [-0.4, -0.2) is 41.7 Å². The quantitative estimate of drug-likeness (QED) is 0.602. The molecule has 10 heteroatoms. The van der Waals surface area contributed by atoms with E-state index in [0.717, 1.165) is 19.3 Å². The van der Waals surface area contributed by atoms with Crippen LogP contribution in [0.15, 0.2) is 47.4 Å². The van der Waals surface area contributed by atoms with Crippen molar-refractivity contribution in [2.24, 2.45) is 0 Å². The zero-order valence-corrected chi connectivity index (χ0v) is 17.5. The summed E-state index contributed by atoms with van der Waals surface area (Å²) < 4.78 is 52.8. The average molecular weight is 448 g/mol. The first-order valence-electron chi connectivity index (χ1n) is 10.00. The third-order valence-corrected chi connectivity index (χ3v) is 7.17. The molecular weight excluding hydrogens is 426 g/mol. The lowest BCUT2D eigenvalue weighted by Crippen LogP contribution is -2.35. The zero-order chi connectivity index (χ0) is 22.0. The summed E-state index contributed by atoms with van der Waals surface area (Å²) in [6, 6.07) is 11.0. The number of aromatic nitrogens is 2. The number of hydrogen-bond acceptors (Lipinski definition) is 4. The zero-order valence-electron chi connectivity index (χ0n) is 16.6. The lowest BCUT2D eigenvalue weighted by Gasteiger charge is -2.26. The Balaban J connectivity index is 1.46. The van der Waals surface area contributed by atoms with E-state index in [0.29, 0.717) is 29.7 Å². The third-order valence-electron chi connectivity index (χ3n) is 5.27. The van der Waals surface area contributed by atoms with Gasteiger partial charge in [-0.2, -0.15) is 4.31 Å². The standard InChI is InChI=1S/C21H22F2N4O3S/c22-19(23)20-25-17-8-7-15(12-18(17)26-20)21(28)24-13-14-5-4-6-16(11-14)31(29,30)27-9-2-1-3-10-27/h4-8,11-12,19H,1-3,9-10,13H2,(H,24,28)(H,25,26). The second-order valence-corrected chi connectivity index (χ2v) is 9.39. The van der Waals surface area contributed by atoms with Crippen LogP contribution in [-0.2, 0) is 16.6 Å². The Labute approximate surface area is 178 Å². The van der Waals surface area contributed by atoms with Gasteiger partial charge >= 0.3 is 0 Å². The molecule has 2 heterocycles. The molecule has 1 aliphatic rings. The van der Waals surface area contributed by atoms with Crippen LogP contribution in [0.2, 0.25) is 0 Å². The predicted octanol–water partition coefficient (Wildman–Crippen LogP) is 3.61. The van der Waals surface area contributed by atoms with Gasteiger partial charge in [0.05, 0.1) is 15.9 Å². The minimum absolute atomic E-state index is 0.130. The van der Waals surface area contributed by atoms with E-state index >= 15 is 0 Å². The Morgan fingerprint density at radius 2 is 1.90 bits per heavy atom. The van der Waals surface area contributed by atoms with Crippen LogP contribution in [0.25, 0.3) is 11.0 Å². The summed E-state index contributed by atoms with van der Waals surface area (Å²) >= 11 is 0. The Morgan fingerprint density at radius 3 is 2.65 bits per heavy atom. The Morgan fingerprint density at radius 1 is 1.13 bits per heavy atom. The van der Waals surface area contributed by atoms with Gasteiger partial charge in [-0.05, 0) is 48.7 Å². The molecule has 3 aromatic rings. The molecule has 4 rings (SSSR count). The lowest BCUT2D eigenvalue weighted by molar-refractivity contribution is 0.0951. The summed E-state index contributed by atoms with van der Waals surface area (Å²) in [4.78, 5) is 19.0. The number of nitrogens with one attached hydrogen (secondary N) is 2. The van der Waals surface area contributed by atoms with Crippen molar-refractivity contribution in [2.45, 2.75) is 37.1 Å². The Kier molecular flexibility index (Phi) is 6.01. The van der Waals surface area contributed by atoms with Crippen LogP contribution in [0.4, 0.5) is 8.78 Å². The molecule has 31 heavy (non-hydrogen) atoms. The second kappa shape index (κ2) is 8.72. The summed E-state index contributed by atoms with van der Waals surface area (Å²) in [5, 5.41) is 2.74. The van der Waals surface area contributed by atoms with Crippen molar-refractivity contribution in [3.8, 4) is 0 Å². The van der Waals surface area contributed by atoms with Gasteiger partial charge in [0.1, 0.15) is 0 Å². The fourth-order valence-electron chi connectivity index (χ4n) is 3.63. The predicted molar refractivity (Wildman–Crippen MR) is 111 cm³/mol. The van der Waals surface area contributed by atoms with E-state index in [1.807, 2.05) is 0 Å². The van der Waals surface area contributed by atoms with Crippen LogP contribution in [0.3, 0.4) is 0 Å². The highest BCUT2D eigenvalue weighted by atomic mass is 32.2. The Hall–Kier alpha value is -2.85. The Bertz CT molecular complexity index is 1200. The van der Waals surface area contributed by atoms with Gasteiger partial charge in [0.15, 0.2) is 5.82 Å². The van der Waals surface area contributed by atoms with Crippen LogP contribution in [0.1, 0.15) is 47.4 Å². The maximum absolute atomic E-state index is 12.8. The van der Waals surface area contributed by atoms with Gasteiger partial charge in [-0.25, -0.2) is 22.2 Å². The van der Waals surface area contributed by atoms with Gasteiger partial charge in [0.25, 0.3) is 12.3 Å². The van der Waals surface area contributed by atoms with Gasteiger partial charge in [-0.1, -0.05) is 18.6 Å². The number of fused-ring (bicyclic) bond motifs is 1. The van der Waals surface area contributed by atoms with Crippen molar-refractivity contribution < 1.29 is 22.0 Å².